The average Bonchev–Trinajstić information content (AvgIpc) is 2.53. The minimum absolute atomic E-state index is 0. The molecule has 7 nitrogen and oxygen atoms in total. The van der Waals surface area contributed by atoms with E-state index in [0.717, 1.165) is 25.3 Å². The molecular weight excluding hydrogens is 445 g/mol. The monoisotopic (exact) mass is 477 g/mol. The summed E-state index contributed by atoms with van der Waals surface area (Å²) in [5.74, 6) is 0.754. The van der Waals surface area contributed by atoms with E-state index in [2.05, 4.69) is 32.9 Å². The number of carbonyl (C=O) groups excluding carboxylic acids is 1. The zero-order valence-corrected chi connectivity index (χ0v) is 18.7. The van der Waals surface area contributed by atoms with Gasteiger partial charge in [-0.3, -0.25) is 9.98 Å². The molecule has 1 heterocycles. The molecule has 1 amide bonds. The first-order valence-corrected chi connectivity index (χ1v) is 8.62. The van der Waals surface area contributed by atoms with Gasteiger partial charge in [0.2, 0.25) is 0 Å². The number of hydrogen-bond acceptors (Lipinski definition) is 4. The molecule has 0 aliphatic heterocycles. The van der Waals surface area contributed by atoms with Gasteiger partial charge in [-0.25, -0.2) is 4.79 Å². The first-order valence-electron chi connectivity index (χ1n) is 8.62. The molecule has 0 saturated carbocycles. The van der Waals surface area contributed by atoms with E-state index in [1.54, 1.807) is 7.05 Å². The molecule has 0 aliphatic rings. The Kier molecular flexibility index (Phi) is 11.9. The maximum atomic E-state index is 11.5. The van der Waals surface area contributed by atoms with Crippen LogP contribution in [0.3, 0.4) is 0 Å². The highest BCUT2D eigenvalue weighted by Crippen LogP contribution is 2.06. The van der Waals surface area contributed by atoms with E-state index in [9.17, 15) is 4.79 Å². The predicted octanol–water partition coefficient (Wildman–Crippen LogP) is 2.63. The van der Waals surface area contributed by atoms with Crippen molar-refractivity contribution in [1.82, 2.24) is 20.9 Å². The van der Waals surface area contributed by atoms with Gasteiger partial charge in [0, 0.05) is 39.1 Å². The molecule has 148 valence electrons. The fourth-order valence-electron chi connectivity index (χ4n) is 2.12. The Labute approximate surface area is 173 Å². The Hall–Kier alpha value is -1.58. The molecule has 1 aromatic rings. The molecular formula is C18H32IN5O2. The van der Waals surface area contributed by atoms with E-state index in [-0.39, 0.29) is 30.1 Å². The topological polar surface area (TPSA) is 87.6 Å². The van der Waals surface area contributed by atoms with Crippen molar-refractivity contribution < 1.29 is 9.53 Å². The second-order valence-electron chi connectivity index (χ2n) is 6.76. The van der Waals surface area contributed by atoms with Crippen molar-refractivity contribution in [2.24, 2.45) is 4.99 Å². The highest BCUT2D eigenvalue weighted by Gasteiger charge is 2.15. The lowest BCUT2D eigenvalue weighted by atomic mass is 10.1. The number of guanidine groups is 1. The summed E-state index contributed by atoms with van der Waals surface area (Å²) < 4.78 is 5.18. The quantitative estimate of drug-likeness (QED) is 0.243. The Morgan fingerprint density at radius 3 is 2.46 bits per heavy atom. The number of halogens is 1. The van der Waals surface area contributed by atoms with Crippen LogP contribution in [-0.4, -0.2) is 49.3 Å². The van der Waals surface area contributed by atoms with Gasteiger partial charge < -0.3 is 20.7 Å². The SMILES string of the molecule is CN=C(NCCCNC(=O)OC(C)(C)C)NCCc1ccncc1C.I. The molecule has 0 atom stereocenters. The number of carbonyl (C=O) groups is 1. The van der Waals surface area contributed by atoms with Crippen molar-refractivity contribution in [3.8, 4) is 0 Å². The summed E-state index contributed by atoms with van der Waals surface area (Å²) >= 11 is 0. The first-order chi connectivity index (χ1) is 11.8. The third-order valence-corrected chi connectivity index (χ3v) is 3.36. The van der Waals surface area contributed by atoms with E-state index in [4.69, 9.17) is 4.74 Å². The van der Waals surface area contributed by atoms with Crippen LogP contribution >= 0.6 is 24.0 Å². The number of ether oxygens (including phenoxy) is 1. The minimum atomic E-state index is -0.471. The lowest BCUT2D eigenvalue weighted by Crippen LogP contribution is -2.40. The second-order valence-corrected chi connectivity index (χ2v) is 6.76. The van der Waals surface area contributed by atoms with Crippen molar-refractivity contribution in [3.05, 3.63) is 29.6 Å². The zero-order valence-electron chi connectivity index (χ0n) is 16.4. The van der Waals surface area contributed by atoms with Crippen LogP contribution in [0.4, 0.5) is 4.79 Å². The average molecular weight is 477 g/mol. The van der Waals surface area contributed by atoms with Gasteiger partial charge >= 0.3 is 6.09 Å². The normalized spacial score (nSPS) is 11.3. The zero-order chi connectivity index (χ0) is 18.7. The van der Waals surface area contributed by atoms with Gasteiger partial charge in [0.25, 0.3) is 0 Å². The lowest BCUT2D eigenvalue weighted by molar-refractivity contribution is 0.0527. The molecule has 26 heavy (non-hydrogen) atoms. The summed E-state index contributed by atoms with van der Waals surface area (Å²) in [5.41, 5.74) is 2.00. The van der Waals surface area contributed by atoms with Crippen LogP contribution in [0.25, 0.3) is 0 Å². The Morgan fingerprint density at radius 2 is 1.85 bits per heavy atom. The van der Waals surface area contributed by atoms with Crippen LogP contribution in [-0.2, 0) is 11.2 Å². The number of rotatable bonds is 7. The van der Waals surface area contributed by atoms with Crippen molar-refractivity contribution >= 4 is 36.0 Å². The van der Waals surface area contributed by atoms with Crippen LogP contribution in [0, 0.1) is 6.92 Å². The molecule has 0 fully saturated rings. The molecule has 0 aromatic carbocycles. The largest absolute Gasteiger partial charge is 0.444 e. The highest BCUT2D eigenvalue weighted by atomic mass is 127. The molecule has 8 heteroatoms. The van der Waals surface area contributed by atoms with E-state index in [1.807, 2.05) is 39.2 Å². The number of aromatic nitrogens is 1. The summed E-state index contributed by atoms with van der Waals surface area (Å²) in [7, 11) is 1.74. The highest BCUT2D eigenvalue weighted by molar-refractivity contribution is 14.0. The number of aryl methyl sites for hydroxylation is 1. The van der Waals surface area contributed by atoms with Crippen LogP contribution in [0.1, 0.15) is 38.3 Å². The molecule has 3 N–H and O–H groups in total. The van der Waals surface area contributed by atoms with Crippen molar-refractivity contribution in [1.29, 1.82) is 0 Å². The minimum Gasteiger partial charge on any atom is -0.444 e. The molecule has 1 aromatic heterocycles. The predicted molar refractivity (Wildman–Crippen MR) is 116 cm³/mol. The van der Waals surface area contributed by atoms with Gasteiger partial charge in [0.1, 0.15) is 5.60 Å². The number of nitrogens with zero attached hydrogens (tertiary/aromatic N) is 2. The Bertz CT molecular complexity index is 573. The van der Waals surface area contributed by atoms with Crippen LogP contribution in [0.5, 0.6) is 0 Å². The molecule has 1 rings (SSSR count). The van der Waals surface area contributed by atoms with E-state index in [0.29, 0.717) is 13.1 Å². The summed E-state index contributed by atoms with van der Waals surface area (Å²) in [6.45, 7) is 9.65. The Balaban J connectivity index is 0.00000625. The number of amides is 1. The second kappa shape index (κ2) is 12.7. The first kappa shape index (κ1) is 24.4. The summed E-state index contributed by atoms with van der Waals surface area (Å²) in [6.07, 6.45) is 4.99. The summed E-state index contributed by atoms with van der Waals surface area (Å²) in [4.78, 5) is 19.8. The van der Waals surface area contributed by atoms with Gasteiger partial charge in [0.15, 0.2) is 5.96 Å². The van der Waals surface area contributed by atoms with E-state index >= 15 is 0 Å². The summed E-state index contributed by atoms with van der Waals surface area (Å²) in [6, 6.07) is 2.04. The summed E-state index contributed by atoms with van der Waals surface area (Å²) in [5, 5.41) is 9.24. The molecule has 0 saturated heterocycles. The maximum absolute atomic E-state index is 11.5. The third kappa shape index (κ3) is 11.1. The van der Waals surface area contributed by atoms with Crippen molar-refractivity contribution in [3.63, 3.8) is 0 Å². The van der Waals surface area contributed by atoms with E-state index in [1.165, 1.54) is 11.1 Å². The molecule has 0 radical (unpaired) electrons. The number of pyridine rings is 1. The number of hydrogen-bond donors (Lipinski definition) is 3. The fraction of sp³-hybridized carbons (Fsp3) is 0.611. The third-order valence-electron chi connectivity index (χ3n) is 3.36. The fourth-order valence-corrected chi connectivity index (χ4v) is 2.12. The van der Waals surface area contributed by atoms with Crippen molar-refractivity contribution in [2.45, 2.75) is 46.1 Å². The van der Waals surface area contributed by atoms with Gasteiger partial charge in [-0.1, -0.05) is 0 Å². The maximum Gasteiger partial charge on any atom is 0.407 e. The van der Waals surface area contributed by atoms with Gasteiger partial charge in [0.05, 0.1) is 0 Å². The lowest BCUT2D eigenvalue weighted by Gasteiger charge is -2.19. The molecule has 0 bridgehead atoms. The van der Waals surface area contributed by atoms with Crippen molar-refractivity contribution in [2.75, 3.05) is 26.7 Å². The Morgan fingerprint density at radius 1 is 1.19 bits per heavy atom. The molecule has 0 spiro atoms. The van der Waals surface area contributed by atoms with Gasteiger partial charge in [-0.05, 0) is 57.7 Å². The van der Waals surface area contributed by atoms with Crippen LogP contribution < -0.4 is 16.0 Å². The molecule has 0 unspecified atom stereocenters. The van der Waals surface area contributed by atoms with Crippen LogP contribution in [0.2, 0.25) is 0 Å². The van der Waals surface area contributed by atoms with Gasteiger partial charge in [-0.15, -0.1) is 24.0 Å². The smallest absolute Gasteiger partial charge is 0.407 e. The number of nitrogens with one attached hydrogen (secondary N) is 3. The molecule has 0 aliphatic carbocycles. The standard InChI is InChI=1S/C18H31N5O2.HI/c1-14-13-20-11-7-15(14)8-12-22-16(19-5)21-9-6-10-23-17(24)25-18(2,3)4;/h7,11,13H,6,8-10,12H2,1-5H3,(H,23,24)(H2,19,21,22);1H. The number of alkyl carbamates (subject to hydrolysis) is 1. The van der Waals surface area contributed by atoms with E-state index < -0.39 is 5.60 Å². The van der Waals surface area contributed by atoms with Crippen LogP contribution in [0.15, 0.2) is 23.5 Å². The van der Waals surface area contributed by atoms with Gasteiger partial charge in [-0.2, -0.15) is 0 Å². The number of aliphatic imine (C=N–C) groups is 1.